The fourth-order valence-corrected chi connectivity index (χ4v) is 4.11. The van der Waals surface area contributed by atoms with Crippen LogP contribution in [0.5, 0.6) is 0 Å². The number of aliphatic carboxylic acids is 1. The first kappa shape index (κ1) is 32.0. The third-order valence-corrected chi connectivity index (χ3v) is 6.44. The number of amides is 2. The third-order valence-electron chi connectivity index (χ3n) is 6.44. The number of carboxylic acid groups (broad SMARTS) is 1. The standard InChI is InChI=1S/C34H29NO10/c36-29(37)34(30(38)42-21-25-13-5-1-6-14-25,31(39)43-22-26-15-7-2-8-16-26)35(32(40)44-23-27-17-9-3-10-18-27)33(41)45-24-28-19-11-4-12-20-28/h1-20H,21-24H2,(H,36,37). The number of hydrogen-bond acceptors (Lipinski definition) is 9. The van der Waals surface area contributed by atoms with Crippen molar-refractivity contribution in [1.82, 2.24) is 4.90 Å². The van der Waals surface area contributed by atoms with Crippen LogP contribution in [0.15, 0.2) is 121 Å². The quantitative estimate of drug-likeness (QED) is 0.128. The number of esters is 2. The molecule has 0 aromatic heterocycles. The molecule has 0 bridgehead atoms. The van der Waals surface area contributed by atoms with E-state index in [0.29, 0.717) is 22.3 Å². The largest absolute Gasteiger partial charge is 0.479 e. The van der Waals surface area contributed by atoms with Crippen LogP contribution in [-0.4, -0.2) is 45.6 Å². The van der Waals surface area contributed by atoms with Crippen LogP contribution in [0.4, 0.5) is 9.59 Å². The van der Waals surface area contributed by atoms with Crippen molar-refractivity contribution in [2.45, 2.75) is 32.0 Å². The number of ether oxygens (including phenoxy) is 4. The van der Waals surface area contributed by atoms with Gasteiger partial charge in [-0.1, -0.05) is 121 Å². The molecule has 45 heavy (non-hydrogen) atoms. The van der Waals surface area contributed by atoms with E-state index >= 15 is 0 Å². The number of carbonyl (C=O) groups is 5. The second-order valence-corrected chi connectivity index (χ2v) is 9.55. The van der Waals surface area contributed by atoms with E-state index in [2.05, 4.69) is 0 Å². The van der Waals surface area contributed by atoms with Gasteiger partial charge in [0.1, 0.15) is 26.4 Å². The zero-order chi connectivity index (χ0) is 32.1. The molecule has 0 aliphatic rings. The van der Waals surface area contributed by atoms with E-state index in [1.54, 1.807) is 121 Å². The Balaban J connectivity index is 1.74. The smallest absolute Gasteiger partial charge is 0.421 e. The summed E-state index contributed by atoms with van der Waals surface area (Å²) in [6.45, 7) is -1.86. The first-order valence-corrected chi connectivity index (χ1v) is 13.7. The minimum Gasteiger partial charge on any atom is -0.479 e. The van der Waals surface area contributed by atoms with E-state index in [0.717, 1.165) is 0 Å². The highest BCUT2D eigenvalue weighted by molar-refractivity contribution is 6.26. The van der Waals surface area contributed by atoms with Gasteiger partial charge in [0.15, 0.2) is 0 Å². The summed E-state index contributed by atoms with van der Waals surface area (Å²) in [5, 5.41) is 10.5. The Bertz CT molecular complexity index is 1480. The van der Waals surface area contributed by atoms with Gasteiger partial charge in [0.2, 0.25) is 0 Å². The molecule has 0 heterocycles. The van der Waals surface area contributed by atoms with Crippen molar-refractivity contribution in [3.05, 3.63) is 144 Å². The molecule has 0 aliphatic heterocycles. The van der Waals surface area contributed by atoms with E-state index in [1.807, 2.05) is 0 Å². The lowest BCUT2D eigenvalue weighted by Gasteiger charge is -2.33. The average Bonchev–Trinajstić information content (AvgIpc) is 3.08. The number of imide groups is 1. The fourth-order valence-electron chi connectivity index (χ4n) is 4.11. The van der Waals surface area contributed by atoms with Crippen LogP contribution in [0.3, 0.4) is 0 Å². The molecule has 1 N–H and O–H groups in total. The normalized spacial score (nSPS) is 10.7. The summed E-state index contributed by atoms with van der Waals surface area (Å²) in [5.74, 6) is -5.78. The van der Waals surface area contributed by atoms with Gasteiger partial charge in [0.25, 0.3) is 0 Å². The number of carbonyl (C=O) groups excluding carboxylic acids is 4. The Hall–Kier alpha value is -5.97. The van der Waals surface area contributed by atoms with E-state index in [9.17, 15) is 29.1 Å². The molecule has 0 spiro atoms. The van der Waals surface area contributed by atoms with E-state index < -0.39 is 62.1 Å². The summed E-state index contributed by atoms with van der Waals surface area (Å²) in [5.41, 5.74) is -1.86. The highest BCUT2D eigenvalue weighted by Gasteiger charge is 2.67. The van der Waals surface area contributed by atoms with Gasteiger partial charge in [-0.25, -0.2) is 24.0 Å². The minimum atomic E-state index is -3.69. The molecule has 0 saturated heterocycles. The van der Waals surface area contributed by atoms with Crippen molar-refractivity contribution < 1.29 is 48.0 Å². The second kappa shape index (κ2) is 15.5. The summed E-state index contributed by atoms with van der Waals surface area (Å²) in [7, 11) is 0. The fraction of sp³-hybridized carbons (Fsp3) is 0.147. The highest BCUT2D eigenvalue weighted by atomic mass is 16.6. The van der Waals surface area contributed by atoms with Crippen LogP contribution in [0.25, 0.3) is 0 Å². The summed E-state index contributed by atoms with van der Waals surface area (Å²) in [6.07, 6.45) is -3.32. The van der Waals surface area contributed by atoms with Crippen LogP contribution in [0.2, 0.25) is 0 Å². The minimum absolute atomic E-state index is 0.206. The maximum Gasteiger partial charge on any atom is 0.421 e. The maximum atomic E-state index is 13.8. The Kier molecular flexibility index (Phi) is 11.0. The Labute approximate surface area is 258 Å². The van der Waals surface area contributed by atoms with Crippen molar-refractivity contribution in [2.24, 2.45) is 0 Å². The predicted octanol–water partition coefficient (Wildman–Crippen LogP) is 5.27. The van der Waals surface area contributed by atoms with Crippen molar-refractivity contribution in [3.63, 3.8) is 0 Å². The molecule has 0 atom stereocenters. The van der Waals surface area contributed by atoms with Gasteiger partial charge < -0.3 is 24.1 Å². The molecular weight excluding hydrogens is 582 g/mol. The number of benzene rings is 4. The van der Waals surface area contributed by atoms with Crippen LogP contribution in [-0.2, 0) is 59.8 Å². The van der Waals surface area contributed by atoms with Gasteiger partial charge in [-0.05, 0) is 22.3 Å². The molecule has 4 rings (SSSR count). The lowest BCUT2D eigenvalue weighted by molar-refractivity contribution is -0.183. The summed E-state index contributed by atoms with van der Waals surface area (Å²) in [4.78, 5) is 67.6. The Morgan fingerprint density at radius 3 is 1.00 bits per heavy atom. The number of carboxylic acids is 1. The van der Waals surface area contributed by atoms with Crippen LogP contribution < -0.4 is 0 Å². The van der Waals surface area contributed by atoms with Crippen LogP contribution >= 0.6 is 0 Å². The maximum absolute atomic E-state index is 13.8. The van der Waals surface area contributed by atoms with Gasteiger partial charge in [-0.3, -0.25) is 0 Å². The third kappa shape index (κ3) is 8.11. The molecule has 11 nitrogen and oxygen atoms in total. The molecular formula is C34H29NO10. The molecule has 0 saturated carbocycles. The van der Waals surface area contributed by atoms with Gasteiger partial charge in [-0.15, -0.1) is 0 Å². The molecule has 230 valence electrons. The summed E-state index contributed by atoms with van der Waals surface area (Å²) in [6, 6.07) is 32.9. The number of rotatable bonds is 12. The zero-order valence-electron chi connectivity index (χ0n) is 23.9. The van der Waals surface area contributed by atoms with Crippen molar-refractivity contribution in [1.29, 1.82) is 0 Å². The predicted molar refractivity (Wildman–Crippen MR) is 158 cm³/mol. The molecule has 4 aromatic rings. The van der Waals surface area contributed by atoms with Crippen molar-refractivity contribution in [2.75, 3.05) is 0 Å². The van der Waals surface area contributed by atoms with E-state index in [1.165, 1.54) is 0 Å². The van der Waals surface area contributed by atoms with Crippen LogP contribution in [0.1, 0.15) is 22.3 Å². The van der Waals surface area contributed by atoms with Gasteiger partial charge in [0, 0.05) is 0 Å². The van der Waals surface area contributed by atoms with Gasteiger partial charge in [-0.2, -0.15) is 4.90 Å². The Morgan fingerprint density at radius 2 is 0.733 bits per heavy atom. The van der Waals surface area contributed by atoms with Crippen LogP contribution in [0, 0.1) is 0 Å². The van der Waals surface area contributed by atoms with Crippen molar-refractivity contribution >= 4 is 30.1 Å². The lowest BCUT2D eigenvalue weighted by atomic mass is 9.97. The molecule has 0 unspecified atom stereocenters. The SMILES string of the molecule is O=C(OCc1ccccc1)N(C(=O)OCc1ccccc1)C(C(=O)O)(C(=O)OCc1ccccc1)C(=O)OCc1ccccc1. The zero-order valence-corrected chi connectivity index (χ0v) is 23.9. The van der Waals surface area contributed by atoms with Crippen molar-refractivity contribution in [3.8, 4) is 0 Å². The van der Waals surface area contributed by atoms with Gasteiger partial charge >= 0.3 is 35.6 Å². The number of hydrogen-bond donors (Lipinski definition) is 1. The molecule has 11 heteroatoms. The lowest BCUT2D eigenvalue weighted by Crippen LogP contribution is -2.69. The van der Waals surface area contributed by atoms with E-state index in [4.69, 9.17) is 18.9 Å². The second-order valence-electron chi connectivity index (χ2n) is 9.55. The average molecular weight is 612 g/mol. The number of nitrogens with zero attached hydrogens (tertiary/aromatic N) is 1. The van der Waals surface area contributed by atoms with E-state index in [-0.39, 0.29) is 4.90 Å². The van der Waals surface area contributed by atoms with Gasteiger partial charge in [0.05, 0.1) is 0 Å². The molecule has 0 fully saturated rings. The molecule has 0 radical (unpaired) electrons. The Morgan fingerprint density at radius 1 is 0.467 bits per heavy atom. The molecule has 2 amide bonds. The first-order valence-electron chi connectivity index (χ1n) is 13.7. The first-order chi connectivity index (χ1) is 21.8. The monoisotopic (exact) mass is 611 g/mol. The molecule has 4 aromatic carbocycles. The summed E-state index contributed by atoms with van der Waals surface area (Å²) < 4.78 is 21.0. The topological polar surface area (TPSA) is 146 Å². The highest BCUT2D eigenvalue weighted by Crippen LogP contribution is 2.26. The summed E-state index contributed by atoms with van der Waals surface area (Å²) >= 11 is 0. The molecule has 0 aliphatic carbocycles.